The van der Waals surface area contributed by atoms with Gasteiger partial charge in [-0.3, -0.25) is 0 Å². The van der Waals surface area contributed by atoms with Gasteiger partial charge in [0.15, 0.2) is 0 Å². The second kappa shape index (κ2) is 7.63. The molecule has 134 valence electrons. The lowest BCUT2D eigenvalue weighted by Gasteiger charge is -2.10. The molecule has 1 aromatic heterocycles. The SMILES string of the molecule is COc1ccc(Cn2nnc(C(=O)O)c2Oc2ccc(Cl)c(Cl)c2)cc1. The maximum Gasteiger partial charge on any atom is 0.362 e. The highest BCUT2D eigenvalue weighted by molar-refractivity contribution is 6.42. The number of halogens is 2. The molecule has 7 nitrogen and oxygen atoms in total. The molecule has 1 heterocycles. The van der Waals surface area contributed by atoms with Crippen LogP contribution in [0.4, 0.5) is 0 Å². The Morgan fingerprint density at radius 1 is 1.12 bits per heavy atom. The van der Waals surface area contributed by atoms with E-state index in [-0.39, 0.29) is 23.1 Å². The van der Waals surface area contributed by atoms with Gasteiger partial charge in [-0.1, -0.05) is 40.5 Å². The first-order valence-electron chi connectivity index (χ1n) is 7.40. The van der Waals surface area contributed by atoms with Crippen molar-refractivity contribution in [2.45, 2.75) is 6.54 Å². The topological polar surface area (TPSA) is 86.5 Å². The maximum absolute atomic E-state index is 11.4. The molecule has 26 heavy (non-hydrogen) atoms. The van der Waals surface area contributed by atoms with Gasteiger partial charge in [0.05, 0.1) is 23.7 Å². The lowest BCUT2D eigenvalue weighted by atomic mass is 10.2. The van der Waals surface area contributed by atoms with E-state index in [1.54, 1.807) is 31.4 Å². The predicted octanol–water partition coefficient (Wildman–Crippen LogP) is 4.13. The number of aromatic nitrogens is 3. The van der Waals surface area contributed by atoms with E-state index >= 15 is 0 Å². The van der Waals surface area contributed by atoms with Crippen LogP contribution in [0.15, 0.2) is 42.5 Å². The highest BCUT2D eigenvalue weighted by Crippen LogP contribution is 2.30. The second-order valence-corrected chi connectivity index (χ2v) is 6.05. The highest BCUT2D eigenvalue weighted by atomic mass is 35.5. The third kappa shape index (κ3) is 3.89. The Bertz CT molecular complexity index is 942. The molecule has 2 aromatic carbocycles. The second-order valence-electron chi connectivity index (χ2n) is 5.23. The largest absolute Gasteiger partial charge is 0.497 e. The van der Waals surface area contributed by atoms with Gasteiger partial charge in [-0.25, -0.2) is 9.48 Å². The molecule has 1 N–H and O–H groups in total. The third-order valence-electron chi connectivity index (χ3n) is 3.49. The monoisotopic (exact) mass is 393 g/mol. The number of carboxylic acid groups (broad SMARTS) is 1. The van der Waals surface area contributed by atoms with Crippen LogP contribution >= 0.6 is 23.2 Å². The molecule has 0 amide bonds. The number of benzene rings is 2. The van der Waals surface area contributed by atoms with Crippen LogP contribution in [0.25, 0.3) is 0 Å². The van der Waals surface area contributed by atoms with Crippen LogP contribution in [0, 0.1) is 0 Å². The summed E-state index contributed by atoms with van der Waals surface area (Å²) in [6.45, 7) is 0.265. The molecule has 0 bridgehead atoms. The first-order chi connectivity index (χ1) is 12.5. The van der Waals surface area contributed by atoms with Crippen molar-refractivity contribution in [1.82, 2.24) is 15.0 Å². The number of hydrogen-bond acceptors (Lipinski definition) is 5. The fraction of sp³-hybridized carbons (Fsp3) is 0.118. The van der Waals surface area contributed by atoms with Crippen molar-refractivity contribution < 1.29 is 19.4 Å². The summed E-state index contributed by atoms with van der Waals surface area (Å²) in [5.41, 5.74) is 0.566. The molecular formula is C17H13Cl2N3O4. The zero-order valence-electron chi connectivity index (χ0n) is 13.5. The Labute approximate surface area is 158 Å². The summed E-state index contributed by atoms with van der Waals surface area (Å²) in [7, 11) is 1.58. The van der Waals surface area contributed by atoms with E-state index in [4.69, 9.17) is 32.7 Å². The number of carbonyl (C=O) groups is 1. The molecule has 3 rings (SSSR count). The summed E-state index contributed by atoms with van der Waals surface area (Å²) in [5, 5.41) is 17.5. The Balaban J connectivity index is 1.92. The van der Waals surface area contributed by atoms with Gasteiger partial charge >= 0.3 is 5.97 Å². The maximum atomic E-state index is 11.4. The molecule has 0 saturated carbocycles. The van der Waals surface area contributed by atoms with Crippen molar-refractivity contribution in [3.63, 3.8) is 0 Å². The average molecular weight is 394 g/mol. The molecule has 0 atom stereocenters. The van der Waals surface area contributed by atoms with E-state index < -0.39 is 5.97 Å². The van der Waals surface area contributed by atoms with Crippen molar-refractivity contribution in [2.75, 3.05) is 7.11 Å². The van der Waals surface area contributed by atoms with E-state index in [2.05, 4.69) is 10.3 Å². The summed E-state index contributed by atoms with van der Waals surface area (Å²) in [6.07, 6.45) is 0. The van der Waals surface area contributed by atoms with Gasteiger partial charge < -0.3 is 14.6 Å². The van der Waals surface area contributed by atoms with E-state index in [1.807, 2.05) is 12.1 Å². The van der Waals surface area contributed by atoms with Crippen molar-refractivity contribution >= 4 is 29.2 Å². The van der Waals surface area contributed by atoms with E-state index in [0.29, 0.717) is 16.5 Å². The summed E-state index contributed by atoms with van der Waals surface area (Å²) < 4.78 is 12.2. The number of aromatic carboxylic acids is 1. The molecule has 0 aliphatic heterocycles. The summed E-state index contributed by atoms with van der Waals surface area (Å²) in [4.78, 5) is 11.4. The van der Waals surface area contributed by atoms with Crippen LogP contribution in [0.5, 0.6) is 17.4 Å². The third-order valence-corrected chi connectivity index (χ3v) is 4.23. The zero-order valence-corrected chi connectivity index (χ0v) is 15.0. The smallest absolute Gasteiger partial charge is 0.362 e. The number of nitrogens with zero attached hydrogens (tertiary/aromatic N) is 3. The van der Waals surface area contributed by atoms with Crippen molar-refractivity contribution in [2.24, 2.45) is 0 Å². The quantitative estimate of drug-likeness (QED) is 0.677. The minimum atomic E-state index is -1.25. The number of carboxylic acids is 1. The number of rotatable bonds is 6. The van der Waals surface area contributed by atoms with Gasteiger partial charge in [0.1, 0.15) is 11.5 Å². The zero-order chi connectivity index (χ0) is 18.7. The van der Waals surface area contributed by atoms with E-state index in [9.17, 15) is 9.90 Å². The number of hydrogen-bond donors (Lipinski definition) is 1. The lowest BCUT2D eigenvalue weighted by Crippen LogP contribution is -2.06. The van der Waals surface area contributed by atoms with Crippen LogP contribution < -0.4 is 9.47 Å². The van der Waals surface area contributed by atoms with Gasteiger partial charge in [0, 0.05) is 6.07 Å². The van der Waals surface area contributed by atoms with Crippen LogP contribution in [-0.4, -0.2) is 33.2 Å². The highest BCUT2D eigenvalue weighted by Gasteiger charge is 2.22. The van der Waals surface area contributed by atoms with Crippen molar-refractivity contribution in [3.05, 3.63) is 63.8 Å². The Morgan fingerprint density at radius 2 is 1.81 bits per heavy atom. The van der Waals surface area contributed by atoms with Crippen molar-refractivity contribution in [3.8, 4) is 17.4 Å². The molecule has 0 spiro atoms. The minimum Gasteiger partial charge on any atom is -0.497 e. The molecular weight excluding hydrogens is 381 g/mol. The minimum absolute atomic E-state index is 0.00768. The summed E-state index contributed by atoms with van der Waals surface area (Å²) in [5.74, 6) is -0.223. The number of ether oxygens (including phenoxy) is 2. The molecule has 0 fully saturated rings. The molecule has 0 aliphatic carbocycles. The van der Waals surface area contributed by atoms with Gasteiger partial charge in [-0.05, 0) is 29.8 Å². The first-order valence-corrected chi connectivity index (χ1v) is 8.16. The fourth-order valence-electron chi connectivity index (χ4n) is 2.20. The summed E-state index contributed by atoms with van der Waals surface area (Å²) >= 11 is 11.9. The normalized spacial score (nSPS) is 10.6. The Morgan fingerprint density at radius 3 is 2.42 bits per heavy atom. The molecule has 3 aromatic rings. The molecule has 0 unspecified atom stereocenters. The standard InChI is InChI=1S/C17H13Cl2N3O4/c1-25-11-4-2-10(3-5-11)9-22-16(15(17(23)24)20-21-22)26-12-6-7-13(18)14(19)8-12/h2-8H,9H2,1H3,(H,23,24). The number of methoxy groups -OCH3 is 1. The van der Waals surface area contributed by atoms with Crippen LogP contribution in [0.2, 0.25) is 10.0 Å². The van der Waals surface area contributed by atoms with Gasteiger partial charge in [0.2, 0.25) is 5.69 Å². The molecule has 0 saturated heterocycles. The first kappa shape index (κ1) is 18.0. The van der Waals surface area contributed by atoms with Gasteiger partial charge in [-0.15, -0.1) is 5.10 Å². The van der Waals surface area contributed by atoms with E-state index in [1.165, 1.54) is 10.7 Å². The average Bonchev–Trinajstić information content (AvgIpc) is 3.01. The fourth-order valence-corrected chi connectivity index (χ4v) is 2.49. The van der Waals surface area contributed by atoms with Gasteiger partial charge in [0.25, 0.3) is 5.88 Å². The van der Waals surface area contributed by atoms with Gasteiger partial charge in [-0.2, -0.15) is 0 Å². The predicted molar refractivity (Wildman–Crippen MR) is 95.6 cm³/mol. The Kier molecular flexibility index (Phi) is 5.29. The van der Waals surface area contributed by atoms with Crippen LogP contribution in [0.1, 0.15) is 16.1 Å². The lowest BCUT2D eigenvalue weighted by molar-refractivity contribution is 0.0687. The molecule has 0 aliphatic rings. The van der Waals surface area contributed by atoms with Crippen molar-refractivity contribution in [1.29, 1.82) is 0 Å². The molecule has 9 heteroatoms. The molecule has 0 radical (unpaired) electrons. The van der Waals surface area contributed by atoms with Crippen LogP contribution in [0.3, 0.4) is 0 Å². The summed E-state index contributed by atoms with van der Waals surface area (Å²) in [6, 6.07) is 11.9. The Hall–Kier alpha value is -2.77. The van der Waals surface area contributed by atoms with Crippen LogP contribution in [-0.2, 0) is 6.54 Å². The van der Waals surface area contributed by atoms with E-state index in [0.717, 1.165) is 5.56 Å².